The van der Waals surface area contributed by atoms with Crippen LogP contribution in [0.4, 0.5) is 22.0 Å². The Kier molecular flexibility index (Phi) is 2.78. The second-order valence-electron chi connectivity index (χ2n) is 2.65. The van der Waals surface area contributed by atoms with E-state index in [1.54, 1.807) is 0 Å². The summed E-state index contributed by atoms with van der Waals surface area (Å²) in [5, 5.41) is 0. The van der Waals surface area contributed by atoms with Gasteiger partial charge >= 0.3 is 6.18 Å². The Morgan fingerprint density at radius 1 is 1.07 bits per heavy atom. The van der Waals surface area contributed by atoms with Gasteiger partial charge < -0.3 is 0 Å². The van der Waals surface area contributed by atoms with Crippen LogP contribution in [0.5, 0.6) is 0 Å². The summed E-state index contributed by atoms with van der Waals surface area (Å²) in [4.78, 5) is 0. The van der Waals surface area contributed by atoms with Gasteiger partial charge in [-0.05, 0) is 25.0 Å². The topological polar surface area (TPSA) is 0 Å². The average molecular weight is 209 g/mol. The molecule has 0 aliphatic carbocycles. The number of hydrogen-bond acceptors (Lipinski definition) is 0. The minimum atomic E-state index is -4.87. The van der Waals surface area contributed by atoms with Gasteiger partial charge in [0.1, 0.15) is 0 Å². The van der Waals surface area contributed by atoms with E-state index in [0.29, 0.717) is 6.07 Å². The van der Waals surface area contributed by atoms with E-state index in [-0.39, 0.29) is 12.0 Å². The van der Waals surface area contributed by atoms with Gasteiger partial charge in [-0.1, -0.05) is 6.07 Å². The van der Waals surface area contributed by atoms with E-state index < -0.39 is 23.4 Å². The summed E-state index contributed by atoms with van der Waals surface area (Å²) >= 11 is 0. The van der Waals surface area contributed by atoms with Crippen molar-refractivity contribution in [2.24, 2.45) is 0 Å². The number of hydrogen-bond donors (Lipinski definition) is 0. The third-order valence-corrected chi connectivity index (χ3v) is 1.74. The van der Waals surface area contributed by atoms with Gasteiger partial charge in [0, 0.05) is 0 Å². The normalized spacial score (nSPS) is 11.9. The Labute approximate surface area is 77.4 Å². The maximum Gasteiger partial charge on any atom is 0.419 e. The molecule has 0 atom stereocenters. The molecule has 0 N–H and O–H groups in total. The lowest BCUT2D eigenvalue weighted by Crippen LogP contribution is -2.10. The van der Waals surface area contributed by atoms with Crippen molar-refractivity contribution >= 4 is 0 Å². The zero-order valence-electron chi connectivity index (χ0n) is 6.96. The number of rotatable bonds is 1. The quantitative estimate of drug-likeness (QED) is 0.622. The smallest absolute Gasteiger partial charge is 0.203 e. The van der Waals surface area contributed by atoms with E-state index in [0.717, 1.165) is 6.07 Å². The van der Waals surface area contributed by atoms with Crippen LogP contribution in [-0.4, -0.2) is 0 Å². The number of halogens is 5. The van der Waals surface area contributed by atoms with Gasteiger partial charge in [-0.3, -0.25) is 0 Å². The van der Waals surface area contributed by atoms with Crippen LogP contribution in [0.25, 0.3) is 0 Å². The Hall–Kier alpha value is -1.13. The summed E-state index contributed by atoms with van der Waals surface area (Å²) < 4.78 is 61.8. The Bertz CT molecular complexity index is 340. The van der Waals surface area contributed by atoms with Crippen LogP contribution in [0.2, 0.25) is 0 Å². The molecule has 0 aliphatic heterocycles. The summed E-state index contributed by atoms with van der Waals surface area (Å²) in [6.45, 7) is 3.26. The Morgan fingerprint density at radius 3 is 2.07 bits per heavy atom. The van der Waals surface area contributed by atoms with Crippen molar-refractivity contribution in [2.75, 3.05) is 0 Å². The third-order valence-electron chi connectivity index (χ3n) is 1.74. The van der Waals surface area contributed by atoms with Crippen LogP contribution in [0.1, 0.15) is 11.1 Å². The van der Waals surface area contributed by atoms with Gasteiger partial charge in [-0.15, -0.1) is 0 Å². The maximum absolute atomic E-state index is 12.9. The molecule has 0 saturated carbocycles. The summed E-state index contributed by atoms with van der Waals surface area (Å²) in [6.07, 6.45) is -4.97. The lowest BCUT2D eigenvalue weighted by molar-refractivity contribution is -0.140. The standard InChI is InChI=1S/C9H6F5/c1-2-5-3-4-6(9(12,13)14)8(11)7(5)10/h3-4H,1-2H2. The van der Waals surface area contributed by atoms with E-state index in [1.807, 2.05) is 0 Å². The zero-order chi connectivity index (χ0) is 10.9. The van der Waals surface area contributed by atoms with E-state index in [9.17, 15) is 22.0 Å². The van der Waals surface area contributed by atoms with Gasteiger partial charge in [0.25, 0.3) is 0 Å². The number of alkyl halides is 3. The molecule has 1 aromatic rings. The first kappa shape index (κ1) is 10.9. The van der Waals surface area contributed by atoms with E-state index >= 15 is 0 Å². The summed E-state index contributed by atoms with van der Waals surface area (Å²) in [5.41, 5.74) is -1.76. The monoisotopic (exact) mass is 209 g/mol. The summed E-state index contributed by atoms with van der Waals surface area (Å²) in [6, 6.07) is 1.40. The SMILES string of the molecule is [CH2]Cc1ccc(C(F)(F)F)c(F)c1F. The van der Waals surface area contributed by atoms with Crippen LogP contribution in [0.3, 0.4) is 0 Å². The molecular weight excluding hydrogens is 203 g/mol. The molecule has 0 aromatic heterocycles. The molecule has 0 bridgehead atoms. The molecule has 5 heteroatoms. The van der Waals surface area contributed by atoms with E-state index in [1.165, 1.54) is 0 Å². The fourth-order valence-electron chi connectivity index (χ4n) is 1.00. The molecule has 1 rings (SSSR count). The highest BCUT2D eigenvalue weighted by molar-refractivity contribution is 5.28. The molecule has 0 fully saturated rings. The molecule has 0 aliphatic rings. The van der Waals surface area contributed by atoms with Crippen molar-refractivity contribution in [2.45, 2.75) is 12.6 Å². The van der Waals surface area contributed by atoms with E-state index in [4.69, 9.17) is 0 Å². The zero-order valence-corrected chi connectivity index (χ0v) is 6.96. The predicted molar refractivity (Wildman–Crippen MR) is 40.4 cm³/mol. The Morgan fingerprint density at radius 2 is 1.64 bits per heavy atom. The average Bonchev–Trinajstić information content (AvgIpc) is 2.07. The van der Waals surface area contributed by atoms with Crippen molar-refractivity contribution < 1.29 is 22.0 Å². The summed E-state index contributed by atoms with van der Waals surface area (Å²) in [5.74, 6) is -3.34. The highest BCUT2D eigenvalue weighted by Crippen LogP contribution is 2.32. The van der Waals surface area contributed by atoms with Crippen LogP contribution in [-0.2, 0) is 12.6 Å². The predicted octanol–water partition coefficient (Wildman–Crippen LogP) is 3.36. The molecule has 0 heterocycles. The first-order valence-electron chi connectivity index (χ1n) is 3.71. The van der Waals surface area contributed by atoms with Gasteiger partial charge in [0.05, 0.1) is 5.56 Å². The molecule has 1 radical (unpaired) electrons. The molecule has 0 spiro atoms. The van der Waals surface area contributed by atoms with Crippen LogP contribution >= 0.6 is 0 Å². The van der Waals surface area contributed by atoms with Crippen LogP contribution in [0, 0.1) is 18.6 Å². The lowest BCUT2D eigenvalue weighted by Gasteiger charge is -2.09. The third kappa shape index (κ3) is 1.86. The lowest BCUT2D eigenvalue weighted by atomic mass is 10.1. The van der Waals surface area contributed by atoms with Crippen LogP contribution < -0.4 is 0 Å². The molecule has 0 saturated heterocycles. The van der Waals surface area contributed by atoms with Gasteiger partial charge in [0.15, 0.2) is 11.6 Å². The van der Waals surface area contributed by atoms with Crippen molar-refractivity contribution in [3.63, 3.8) is 0 Å². The van der Waals surface area contributed by atoms with Gasteiger partial charge in [-0.2, -0.15) is 13.2 Å². The molecule has 1 aromatic carbocycles. The minimum absolute atomic E-state index is 0.0963. The largest absolute Gasteiger partial charge is 0.419 e. The van der Waals surface area contributed by atoms with Crippen molar-refractivity contribution in [3.8, 4) is 0 Å². The maximum atomic E-state index is 12.9. The number of benzene rings is 1. The van der Waals surface area contributed by atoms with Crippen molar-refractivity contribution in [1.29, 1.82) is 0 Å². The fraction of sp³-hybridized carbons (Fsp3) is 0.222. The van der Waals surface area contributed by atoms with Gasteiger partial charge in [0.2, 0.25) is 0 Å². The molecule has 0 amide bonds. The summed E-state index contributed by atoms with van der Waals surface area (Å²) in [7, 11) is 0. The minimum Gasteiger partial charge on any atom is -0.203 e. The molecule has 14 heavy (non-hydrogen) atoms. The highest BCUT2D eigenvalue weighted by Gasteiger charge is 2.35. The first-order chi connectivity index (χ1) is 6.38. The molecular formula is C9H6F5. The second kappa shape index (κ2) is 3.55. The van der Waals surface area contributed by atoms with Crippen molar-refractivity contribution in [3.05, 3.63) is 41.8 Å². The van der Waals surface area contributed by atoms with Crippen LogP contribution in [0.15, 0.2) is 12.1 Å². The molecule has 77 valence electrons. The highest BCUT2D eigenvalue weighted by atomic mass is 19.4. The fourth-order valence-corrected chi connectivity index (χ4v) is 1.00. The Balaban J connectivity index is 3.31. The molecule has 0 unspecified atom stereocenters. The van der Waals surface area contributed by atoms with E-state index in [2.05, 4.69) is 6.92 Å². The van der Waals surface area contributed by atoms with Gasteiger partial charge in [-0.25, -0.2) is 8.78 Å². The first-order valence-corrected chi connectivity index (χ1v) is 3.71. The molecule has 0 nitrogen and oxygen atoms in total. The second-order valence-corrected chi connectivity index (χ2v) is 2.65. The van der Waals surface area contributed by atoms with Crippen molar-refractivity contribution in [1.82, 2.24) is 0 Å².